The van der Waals surface area contributed by atoms with Gasteiger partial charge in [-0.3, -0.25) is 9.79 Å². The fourth-order valence-electron chi connectivity index (χ4n) is 2.72. The van der Waals surface area contributed by atoms with E-state index in [1.807, 2.05) is 0 Å². The summed E-state index contributed by atoms with van der Waals surface area (Å²) in [5.41, 5.74) is 12.9. The van der Waals surface area contributed by atoms with Gasteiger partial charge in [0.15, 0.2) is 5.96 Å². The molecule has 3 rings (SSSR count). The average molecular weight is 451 g/mol. The Labute approximate surface area is 180 Å². The summed E-state index contributed by atoms with van der Waals surface area (Å²) in [5.74, 6) is -1.08. The molecule has 0 bridgehead atoms. The van der Waals surface area contributed by atoms with Gasteiger partial charge >= 0.3 is 0 Å². The van der Waals surface area contributed by atoms with Crippen LogP contribution in [0.2, 0.25) is 5.02 Å². The van der Waals surface area contributed by atoms with Gasteiger partial charge in [0.1, 0.15) is 22.6 Å². The summed E-state index contributed by atoms with van der Waals surface area (Å²) in [6.45, 7) is 1.71. The Balaban J connectivity index is 1.82. The first-order valence-corrected chi connectivity index (χ1v) is 10.1. The highest BCUT2D eigenvalue weighted by atomic mass is 35.5. The quantitative estimate of drug-likeness (QED) is 0.277. The number of aromatic amines is 1. The third kappa shape index (κ3) is 4.96. The van der Waals surface area contributed by atoms with E-state index < -0.39 is 17.8 Å². The van der Waals surface area contributed by atoms with Gasteiger partial charge in [0, 0.05) is 11.3 Å². The van der Waals surface area contributed by atoms with Gasteiger partial charge in [0.2, 0.25) is 0 Å². The predicted molar refractivity (Wildman–Crippen MR) is 115 cm³/mol. The van der Waals surface area contributed by atoms with Crippen LogP contribution in [-0.2, 0) is 6.61 Å². The molecule has 8 nitrogen and oxygen atoms in total. The standard InChI is InChI=1S/C19H20ClFN6O2S/c1-9-16(8-28)30-18(25-9)15(7-24-19(22)23)27-17(29)14-5-4-13(26-14)10-2-3-11(20)12(21)6-10/h2-6,15,26,28H,7-8H2,1H3,(H,27,29)(H4,22,23,24). The smallest absolute Gasteiger partial charge is 0.268 e. The summed E-state index contributed by atoms with van der Waals surface area (Å²) in [7, 11) is 0. The lowest BCUT2D eigenvalue weighted by atomic mass is 10.1. The van der Waals surface area contributed by atoms with Crippen molar-refractivity contribution in [3.05, 3.63) is 62.4 Å². The number of aliphatic hydroxyl groups excluding tert-OH is 1. The number of nitrogens with two attached hydrogens (primary N) is 2. The van der Waals surface area contributed by atoms with Gasteiger partial charge < -0.3 is 26.9 Å². The van der Waals surface area contributed by atoms with Crippen molar-refractivity contribution < 1.29 is 14.3 Å². The predicted octanol–water partition coefficient (Wildman–Crippen LogP) is 2.48. The minimum atomic E-state index is -0.594. The number of hydrogen-bond donors (Lipinski definition) is 5. The molecule has 1 unspecified atom stereocenters. The van der Waals surface area contributed by atoms with Crippen molar-refractivity contribution in [3.63, 3.8) is 0 Å². The number of aliphatic hydroxyl groups is 1. The van der Waals surface area contributed by atoms with Crippen molar-refractivity contribution in [1.29, 1.82) is 0 Å². The minimum absolute atomic E-state index is 0.0202. The zero-order valence-electron chi connectivity index (χ0n) is 15.9. The van der Waals surface area contributed by atoms with Crippen molar-refractivity contribution in [1.82, 2.24) is 15.3 Å². The number of aryl methyl sites for hydroxylation is 1. The van der Waals surface area contributed by atoms with Crippen LogP contribution in [0.15, 0.2) is 35.3 Å². The molecule has 11 heteroatoms. The lowest BCUT2D eigenvalue weighted by molar-refractivity contribution is 0.0933. The van der Waals surface area contributed by atoms with E-state index in [0.29, 0.717) is 26.8 Å². The number of H-pyrrole nitrogens is 1. The number of halogens is 2. The fraction of sp³-hybridized carbons (Fsp3) is 0.211. The second-order valence-electron chi connectivity index (χ2n) is 6.42. The van der Waals surface area contributed by atoms with Gasteiger partial charge in [0.25, 0.3) is 5.91 Å². The lowest BCUT2D eigenvalue weighted by Crippen LogP contribution is -2.32. The number of hydrogen-bond acceptors (Lipinski definition) is 5. The zero-order chi connectivity index (χ0) is 21.8. The van der Waals surface area contributed by atoms with Crippen molar-refractivity contribution >= 4 is 34.8 Å². The molecule has 3 aromatic rings. The molecule has 1 aromatic carbocycles. The normalized spacial score (nSPS) is 11.9. The van der Waals surface area contributed by atoms with Crippen molar-refractivity contribution in [2.24, 2.45) is 16.5 Å². The van der Waals surface area contributed by atoms with Gasteiger partial charge in [-0.05, 0) is 31.2 Å². The molecule has 2 heterocycles. The van der Waals surface area contributed by atoms with Crippen LogP contribution in [-0.4, -0.2) is 33.5 Å². The summed E-state index contributed by atoms with van der Waals surface area (Å²) in [4.78, 5) is 24.8. The Morgan fingerprint density at radius 1 is 1.40 bits per heavy atom. The maximum absolute atomic E-state index is 13.7. The molecule has 1 atom stereocenters. The first-order chi connectivity index (χ1) is 14.3. The minimum Gasteiger partial charge on any atom is -0.391 e. The number of nitrogens with zero attached hydrogens (tertiary/aromatic N) is 2. The Hall–Kier alpha value is -2.95. The molecule has 0 aliphatic rings. The van der Waals surface area contributed by atoms with Gasteiger partial charge in [-0.1, -0.05) is 17.7 Å². The Morgan fingerprint density at radius 3 is 2.80 bits per heavy atom. The van der Waals surface area contributed by atoms with Crippen LogP contribution < -0.4 is 16.8 Å². The van der Waals surface area contributed by atoms with Crippen LogP contribution >= 0.6 is 22.9 Å². The molecular formula is C19H20ClFN6O2S. The van der Waals surface area contributed by atoms with E-state index in [9.17, 15) is 14.3 Å². The summed E-state index contributed by atoms with van der Waals surface area (Å²) < 4.78 is 13.7. The zero-order valence-corrected chi connectivity index (χ0v) is 17.5. The molecule has 0 aliphatic carbocycles. The molecule has 2 aromatic heterocycles. The van der Waals surface area contributed by atoms with Crippen molar-refractivity contribution in [2.45, 2.75) is 19.6 Å². The second kappa shape index (κ2) is 9.24. The SMILES string of the molecule is Cc1nc(C(CN=C(N)N)NC(=O)c2ccc(-c3ccc(Cl)c(F)c3)[nH]2)sc1CO. The maximum atomic E-state index is 13.7. The van der Waals surface area contributed by atoms with E-state index in [1.165, 1.54) is 23.5 Å². The number of amides is 1. The average Bonchev–Trinajstić information content (AvgIpc) is 3.34. The summed E-state index contributed by atoms with van der Waals surface area (Å²) in [6, 6.07) is 7.03. The monoisotopic (exact) mass is 450 g/mol. The van der Waals surface area contributed by atoms with Crippen LogP contribution in [0.25, 0.3) is 11.3 Å². The number of thiazole rings is 1. The van der Waals surface area contributed by atoms with E-state index >= 15 is 0 Å². The van der Waals surface area contributed by atoms with Gasteiger partial charge in [-0.2, -0.15) is 0 Å². The molecule has 0 radical (unpaired) electrons. The maximum Gasteiger partial charge on any atom is 0.268 e. The first kappa shape index (κ1) is 21.8. The summed E-state index contributed by atoms with van der Waals surface area (Å²) >= 11 is 6.99. The highest BCUT2D eigenvalue weighted by Gasteiger charge is 2.21. The van der Waals surface area contributed by atoms with E-state index in [-0.39, 0.29) is 29.8 Å². The molecule has 7 N–H and O–H groups in total. The molecule has 0 spiro atoms. The molecule has 30 heavy (non-hydrogen) atoms. The second-order valence-corrected chi connectivity index (χ2v) is 7.95. The van der Waals surface area contributed by atoms with Crippen LogP contribution in [0.4, 0.5) is 4.39 Å². The molecule has 0 fully saturated rings. The highest BCUT2D eigenvalue weighted by molar-refractivity contribution is 7.11. The van der Waals surface area contributed by atoms with Gasteiger partial charge in [-0.25, -0.2) is 9.37 Å². The number of aliphatic imine (C=N–C) groups is 1. The largest absolute Gasteiger partial charge is 0.391 e. The van der Waals surface area contributed by atoms with E-state index in [0.717, 1.165) is 0 Å². The number of nitrogens with one attached hydrogen (secondary N) is 2. The van der Waals surface area contributed by atoms with Crippen molar-refractivity contribution in [3.8, 4) is 11.3 Å². The van der Waals surface area contributed by atoms with Crippen LogP contribution in [0, 0.1) is 12.7 Å². The number of rotatable bonds is 7. The third-order valence-corrected chi connectivity index (χ3v) is 5.84. The molecule has 0 aliphatic heterocycles. The van der Waals surface area contributed by atoms with Crippen LogP contribution in [0.3, 0.4) is 0 Å². The number of guanidine groups is 1. The van der Waals surface area contributed by atoms with Crippen LogP contribution in [0.5, 0.6) is 0 Å². The molecule has 1 amide bonds. The van der Waals surface area contributed by atoms with Gasteiger partial charge in [0.05, 0.1) is 28.7 Å². The molecular weight excluding hydrogens is 431 g/mol. The number of carbonyl (C=O) groups is 1. The molecule has 0 saturated heterocycles. The molecule has 0 saturated carbocycles. The van der Waals surface area contributed by atoms with Crippen LogP contribution in [0.1, 0.15) is 32.1 Å². The topological polar surface area (TPSA) is 142 Å². The number of benzene rings is 1. The third-order valence-electron chi connectivity index (χ3n) is 4.27. The van der Waals surface area contributed by atoms with Gasteiger partial charge in [-0.15, -0.1) is 11.3 Å². The van der Waals surface area contributed by atoms with E-state index in [4.69, 9.17) is 23.1 Å². The fourth-order valence-corrected chi connectivity index (χ4v) is 3.81. The summed E-state index contributed by atoms with van der Waals surface area (Å²) in [5, 5.41) is 12.8. The number of aromatic nitrogens is 2. The lowest BCUT2D eigenvalue weighted by Gasteiger charge is -2.14. The highest BCUT2D eigenvalue weighted by Crippen LogP contribution is 2.26. The molecule has 158 valence electrons. The summed E-state index contributed by atoms with van der Waals surface area (Å²) in [6.07, 6.45) is 0. The first-order valence-electron chi connectivity index (χ1n) is 8.86. The van der Waals surface area contributed by atoms with Crippen molar-refractivity contribution in [2.75, 3.05) is 6.54 Å². The van der Waals surface area contributed by atoms with E-state index in [2.05, 4.69) is 20.3 Å². The Kier molecular flexibility index (Phi) is 6.70. The number of carbonyl (C=O) groups excluding carboxylic acids is 1. The van der Waals surface area contributed by atoms with E-state index in [1.54, 1.807) is 25.1 Å². The Morgan fingerprint density at radius 2 is 2.17 bits per heavy atom. The Bertz CT molecular complexity index is 1090.